The molecule has 1 aliphatic heterocycles. The third-order valence-corrected chi connectivity index (χ3v) is 11.3. The van der Waals surface area contributed by atoms with E-state index in [1.165, 1.54) is 17.0 Å². The van der Waals surface area contributed by atoms with Crippen LogP contribution in [0.2, 0.25) is 5.32 Å². The van der Waals surface area contributed by atoms with Crippen molar-refractivity contribution in [3.8, 4) is 0 Å². The quantitative estimate of drug-likeness (QED) is 0.401. The van der Waals surface area contributed by atoms with E-state index in [-0.39, 0.29) is 45.8 Å². The van der Waals surface area contributed by atoms with Crippen molar-refractivity contribution >= 4 is 25.4 Å². The molecule has 3 N–H and O–H groups in total. The number of cyclic esters (lactones) is 1. The maximum atomic E-state index is 13.5. The summed E-state index contributed by atoms with van der Waals surface area (Å²) in [6, 6.07) is 11.9. The van der Waals surface area contributed by atoms with E-state index < -0.39 is 28.6 Å². The first-order valence-corrected chi connectivity index (χ1v) is 13.9. The van der Waals surface area contributed by atoms with Crippen LogP contribution in [0.4, 0.5) is 0 Å². The fraction of sp³-hybridized carbons (Fsp3) is 0.577. The van der Waals surface area contributed by atoms with Gasteiger partial charge in [-0.3, -0.25) is 0 Å². The number of esters is 1. The Morgan fingerprint density at radius 1 is 1.24 bits per heavy atom. The van der Waals surface area contributed by atoms with Crippen molar-refractivity contribution < 1.29 is 29.3 Å². The summed E-state index contributed by atoms with van der Waals surface area (Å²) < 4.78 is 12.2. The van der Waals surface area contributed by atoms with Crippen molar-refractivity contribution in [2.24, 2.45) is 22.7 Å². The van der Waals surface area contributed by atoms with Gasteiger partial charge in [0.25, 0.3) is 0 Å². The third kappa shape index (κ3) is 3.43. The molecule has 5 rings (SSSR count). The van der Waals surface area contributed by atoms with E-state index in [0.29, 0.717) is 23.7 Å². The molecule has 0 unspecified atom stereocenters. The van der Waals surface area contributed by atoms with E-state index in [4.69, 9.17) is 9.15 Å². The van der Waals surface area contributed by atoms with Crippen LogP contribution in [0.15, 0.2) is 53.3 Å². The first kappa shape index (κ1) is 23.1. The molecule has 6 nitrogen and oxygen atoms in total. The van der Waals surface area contributed by atoms with Crippen LogP contribution in [0.1, 0.15) is 50.7 Å². The molecule has 7 heteroatoms. The summed E-state index contributed by atoms with van der Waals surface area (Å²) in [6.45, 7) is 2.01. The topological polar surface area (TPSA) is 100 Å². The fourth-order valence-corrected chi connectivity index (χ4v) is 9.47. The molecular weight excluding hydrogens is 487 g/mol. The Balaban J connectivity index is 1.53. The summed E-state index contributed by atoms with van der Waals surface area (Å²) in [7, 11) is 0. The number of hydrogen-bond acceptors (Lipinski definition) is 6. The van der Waals surface area contributed by atoms with Gasteiger partial charge in [0.2, 0.25) is 0 Å². The predicted molar refractivity (Wildman–Crippen MR) is 123 cm³/mol. The molecule has 0 amide bonds. The van der Waals surface area contributed by atoms with Crippen LogP contribution in [-0.2, 0) is 9.53 Å². The molecule has 2 saturated carbocycles. The van der Waals surface area contributed by atoms with Gasteiger partial charge in [-0.2, -0.15) is 0 Å². The Morgan fingerprint density at radius 3 is 2.76 bits per heavy atom. The monoisotopic (exact) mass is 520 g/mol. The van der Waals surface area contributed by atoms with E-state index in [1.54, 1.807) is 6.07 Å². The summed E-state index contributed by atoms with van der Waals surface area (Å²) in [6.07, 6.45) is 4.08. The molecule has 33 heavy (non-hydrogen) atoms. The number of rotatable bonds is 6. The Hall–Kier alpha value is -1.63. The van der Waals surface area contributed by atoms with E-state index in [0.717, 1.165) is 12.8 Å². The molecule has 2 heterocycles. The average molecular weight is 519 g/mol. The van der Waals surface area contributed by atoms with Gasteiger partial charge in [0.1, 0.15) is 0 Å². The van der Waals surface area contributed by atoms with Crippen LogP contribution < -0.4 is 4.46 Å². The Bertz CT molecular complexity index is 980. The SMILES string of the molecule is C[C@@H]1C[C@H](O)[C@]23COC(=O)[C@@]1(C[C@H](O)c1ccoc1)[C@H]2CCC[C@]3(O)C[Se]c1ccccc1. The Morgan fingerprint density at radius 2 is 2.03 bits per heavy atom. The molecule has 0 radical (unpaired) electrons. The summed E-state index contributed by atoms with van der Waals surface area (Å²) in [5, 5.41) is 35.3. The molecule has 2 aromatic rings. The number of ether oxygens (including phenoxy) is 1. The van der Waals surface area contributed by atoms with Gasteiger partial charge in [-0.25, -0.2) is 0 Å². The van der Waals surface area contributed by atoms with Gasteiger partial charge < -0.3 is 0 Å². The van der Waals surface area contributed by atoms with Crippen LogP contribution in [0.3, 0.4) is 0 Å². The van der Waals surface area contributed by atoms with Crippen LogP contribution in [0, 0.1) is 22.7 Å². The third-order valence-electron chi connectivity index (χ3n) is 8.75. The van der Waals surface area contributed by atoms with Crippen molar-refractivity contribution in [2.45, 2.75) is 62.2 Å². The standard InChI is InChI=1S/C26H32O6Se/c1-17-12-22(28)26-15-32-23(29)25(17,13-20(27)18-9-11-31-14-18)21(26)8-5-10-24(26,30)16-33-19-6-3-2-4-7-19/h2-4,6-7,9,11,14,17,20-22,27-28,30H,5,8,10,12-13,15-16H2,1H3/t17-,20+,21-,22+,24+,25-,26+/m1/s1. The second-order valence-corrected chi connectivity index (χ2v) is 12.4. The van der Waals surface area contributed by atoms with Crippen LogP contribution in [0.25, 0.3) is 0 Å². The van der Waals surface area contributed by atoms with Gasteiger partial charge in [-0.1, -0.05) is 0 Å². The first-order valence-electron chi connectivity index (χ1n) is 11.8. The van der Waals surface area contributed by atoms with Crippen molar-refractivity contribution in [3.63, 3.8) is 0 Å². The van der Waals surface area contributed by atoms with Crippen molar-refractivity contribution in [1.82, 2.24) is 0 Å². The first-order chi connectivity index (χ1) is 15.8. The zero-order valence-corrected chi connectivity index (χ0v) is 20.6. The van der Waals surface area contributed by atoms with Gasteiger partial charge in [0.15, 0.2) is 0 Å². The van der Waals surface area contributed by atoms with Gasteiger partial charge in [-0.05, 0) is 0 Å². The van der Waals surface area contributed by atoms with E-state index in [9.17, 15) is 20.1 Å². The van der Waals surface area contributed by atoms with Crippen molar-refractivity contribution in [1.29, 1.82) is 0 Å². The predicted octanol–water partition coefficient (Wildman–Crippen LogP) is 2.61. The summed E-state index contributed by atoms with van der Waals surface area (Å²) in [5.74, 6) is -0.735. The molecule has 2 bridgehead atoms. The van der Waals surface area contributed by atoms with Gasteiger partial charge in [-0.15, -0.1) is 0 Å². The van der Waals surface area contributed by atoms with Crippen LogP contribution in [-0.4, -0.2) is 54.6 Å². The molecule has 3 aliphatic rings. The fourth-order valence-electron chi connectivity index (χ4n) is 7.02. The zero-order chi connectivity index (χ0) is 23.3. The number of hydrogen-bond donors (Lipinski definition) is 3. The zero-order valence-electron chi connectivity index (χ0n) is 18.9. The maximum absolute atomic E-state index is 13.5. The number of furan rings is 1. The molecule has 7 atom stereocenters. The van der Waals surface area contributed by atoms with Gasteiger partial charge in [0.05, 0.1) is 0 Å². The van der Waals surface area contributed by atoms with Crippen molar-refractivity contribution in [3.05, 3.63) is 54.5 Å². The molecule has 2 aliphatic carbocycles. The Kier molecular flexibility index (Phi) is 5.99. The molecular formula is C26H32O6Se. The molecule has 0 spiro atoms. The van der Waals surface area contributed by atoms with E-state index in [2.05, 4.69) is 12.1 Å². The summed E-state index contributed by atoms with van der Waals surface area (Å²) in [4.78, 5) is 13.5. The van der Waals surface area contributed by atoms with E-state index in [1.807, 2.05) is 25.1 Å². The number of aliphatic hydroxyl groups excluding tert-OH is 2. The molecule has 3 fully saturated rings. The second-order valence-electron chi connectivity index (χ2n) is 10.2. The number of carbonyl (C=O) groups is 1. The summed E-state index contributed by atoms with van der Waals surface area (Å²) in [5.41, 5.74) is -2.37. The minimum atomic E-state index is -1.13. The average Bonchev–Trinajstić information content (AvgIpc) is 3.35. The minimum absolute atomic E-state index is 0.0237. The molecule has 1 aromatic heterocycles. The van der Waals surface area contributed by atoms with Gasteiger partial charge in [0, 0.05) is 0 Å². The van der Waals surface area contributed by atoms with Crippen LogP contribution in [0.5, 0.6) is 0 Å². The van der Waals surface area contributed by atoms with Crippen LogP contribution >= 0.6 is 0 Å². The number of aliphatic hydroxyl groups is 3. The van der Waals surface area contributed by atoms with Crippen molar-refractivity contribution in [2.75, 3.05) is 6.61 Å². The molecule has 1 saturated heterocycles. The van der Waals surface area contributed by atoms with E-state index >= 15 is 0 Å². The number of benzene rings is 1. The normalized spacial score (nSPS) is 38.9. The van der Waals surface area contributed by atoms with Gasteiger partial charge >= 0.3 is 201 Å². The number of carbonyl (C=O) groups excluding carboxylic acids is 1. The second kappa shape index (κ2) is 8.54. The Labute approximate surface area is 200 Å². The molecule has 1 aromatic carbocycles. The summed E-state index contributed by atoms with van der Waals surface area (Å²) >= 11 is 0.0237. The molecule has 178 valence electrons.